The number of aryl methyl sites for hydroxylation is 1. The molecule has 1 amide bonds. The number of aromatic amines is 1. The van der Waals surface area contributed by atoms with Crippen molar-refractivity contribution in [1.29, 1.82) is 0 Å². The summed E-state index contributed by atoms with van der Waals surface area (Å²) in [5.41, 5.74) is 12.9. The van der Waals surface area contributed by atoms with Crippen LogP contribution in [-0.2, 0) is 0 Å². The van der Waals surface area contributed by atoms with E-state index in [1.807, 2.05) is 37.5 Å². The first kappa shape index (κ1) is 26.5. The number of nitrogens with one attached hydrogen (secondary N) is 3. The number of hydrogen-bond donors (Lipinski definition) is 3. The summed E-state index contributed by atoms with van der Waals surface area (Å²) in [6, 6.07) is 11.5. The Bertz CT molecular complexity index is 1270. The monoisotopic (exact) mass is 520 g/mol. The van der Waals surface area contributed by atoms with Crippen LogP contribution in [0.15, 0.2) is 53.9 Å². The zero-order chi connectivity index (χ0) is 26.4. The van der Waals surface area contributed by atoms with Gasteiger partial charge in [-0.15, -0.1) is 0 Å². The van der Waals surface area contributed by atoms with E-state index in [1.165, 1.54) is 0 Å². The Kier molecular flexibility index (Phi) is 8.71. The van der Waals surface area contributed by atoms with Gasteiger partial charge in [0.05, 0.1) is 12.6 Å². The van der Waals surface area contributed by atoms with Crippen LogP contribution in [0, 0.1) is 6.92 Å². The summed E-state index contributed by atoms with van der Waals surface area (Å²) in [6.45, 7) is 8.73. The molecular formula is C27H33ClN8O. The number of piperidine rings is 1. The van der Waals surface area contributed by atoms with Gasteiger partial charge in [-0.05, 0) is 80.1 Å². The Morgan fingerprint density at radius 2 is 2.08 bits per heavy atom. The minimum atomic E-state index is -0.505. The zero-order valence-electron chi connectivity index (χ0n) is 21.4. The van der Waals surface area contributed by atoms with Gasteiger partial charge in [0.1, 0.15) is 11.5 Å². The van der Waals surface area contributed by atoms with Gasteiger partial charge in [0.25, 0.3) is 5.91 Å². The summed E-state index contributed by atoms with van der Waals surface area (Å²) in [5, 5.41) is 10.7. The maximum Gasteiger partial charge on any atom is 0.268 e. The predicted molar refractivity (Wildman–Crippen MR) is 148 cm³/mol. The molecule has 1 atom stereocenters. The normalized spacial score (nSPS) is 15.3. The Morgan fingerprint density at radius 3 is 2.78 bits per heavy atom. The molecule has 1 aromatic carbocycles. The fourth-order valence-corrected chi connectivity index (χ4v) is 4.87. The van der Waals surface area contributed by atoms with E-state index in [1.54, 1.807) is 18.2 Å². The highest BCUT2D eigenvalue weighted by Gasteiger charge is 2.22. The van der Waals surface area contributed by atoms with Crippen LogP contribution in [-0.4, -0.2) is 52.5 Å². The van der Waals surface area contributed by atoms with Gasteiger partial charge in [-0.25, -0.2) is 4.98 Å². The number of azide groups is 1. The summed E-state index contributed by atoms with van der Waals surface area (Å²) in [5.74, 6) is 0.539. The van der Waals surface area contributed by atoms with Crippen LogP contribution in [0.5, 0.6) is 0 Å². The van der Waals surface area contributed by atoms with E-state index in [-0.39, 0.29) is 12.5 Å². The maximum atomic E-state index is 13.1. The second-order valence-corrected chi connectivity index (χ2v) is 10.2. The number of amides is 1. The molecule has 0 saturated carbocycles. The number of benzene rings is 1. The first-order chi connectivity index (χ1) is 17.8. The number of hydrogen-bond acceptors (Lipinski definition) is 5. The molecule has 0 unspecified atom stereocenters. The lowest BCUT2D eigenvalue weighted by Gasteiger charge is -2.35. The number of carbonyl (C=O) groups excluding carboxylic acids is 1. The van der Waals surface area contributed by atoms with Crippen molar-refractivity contribution in [3.05, 3.63) is 81.1 Å². The van der Waals surface area contributed by atoms with E-state index >= 15 is 0 Å². The average Bonchev–Trinajstić information content (AvgIpc) is 3.38. The lowest BCUT2D eigenvalue weighted by molar-refractivity contribution is 0.0933. The van der Waals surface area contributed by atoms with Gasteiger partial charge in [0.2, 0.25) is 0 Å². The summed E-state index contributed by atoms with van der Waals surface area (Å²) in [4.78, 5) is 26.1. The Balaban J connectivity index is 1.46. The van der Waals surface area contributed by atoms with Crippen molar-refractivity contribution in [2.45, 2.75) is 51.7 Å². The predicted octanol–water partition coefficient (Wildman–Crippen LogP) is 6.10. The minimum absolute atomic E-state index is 0.0741. The van der Waals surface area contributed by atoms with Crippen molar-refractivity contribution in [3.63, 3.8) is 0 Å². The number of carbonyl (C=O) groups is 1. The molecule has 0 aliphatic carbocycles. The SMILES string of the molecule is Cc1cnc(NC2CCN(C(C)C)CC2)cc1-c1c[nH]c(C(=O)N[C@H](CN=[N+]=[N-])c2cccc(Cl)c2)c1. The largest absolute Gasteiger partial charge is 0.367 e. The fraction of sp³-hybridized carbons (Fsp3) is 0.407. The number of H-pyrrole nitrogens is 1. The molecule has 2 aromatic heterocycles. The van der Waals surface area contributed by atoms with Gasteiger partial charge in [0, 0.05) is 53.1 Å². The zero-order valence-corrected chi connectivity index (χ0v) is 22.2. The van der Waals surface area contributed by atoms with Crippen LogP contribution >= 0.6 is 11.6 Å². The Labute approximate surface area is 222 Å². The highest BCUT2D eigenvalue weighted by atomic mass is 35.5. The van der Waals surface area contributed by atoms with Crippen molar-refractivity contribution in [2.75, 3.05) is 25.0 Å². The maximum absolute atomic E-state index is 13.1. The minimum Gasteiger partial charge on any atom is -0.367 e. The molecule has 1 aliphatic rings. The van der Waals surface area contributed by atoms with Crippen LogP contribution in [0.3, 0.4) is 0 Å². The third-order valence-electron chi connectivity index (χ3n) is 6.84. The molecule has 1 saturated heterocycles. The number of pyridine rings is 1. The third kappa shape index (κ3) is 6.83. The quantitative estimate of drug-likeness (QED) is 0.179. The van der Waals surface area contributed by atoms with Gasteiger partial charge in [-0.3, -0.25) is 4.79 Å². The second-order valence-electron chi connectivity index (χ2n) is 9.73. The van der Waals surface area contributed by atoms with Crippen LogP contribution in [0.25, 0.3) is 21.6 Å². The number of anilines is 1. The first-order valence-electron chi connectivity index (χ1n) is 12.6. The van der Waals surface area contributed by atoms with Gasteiger partial charge >= 0.3 is 0 Å². The molecule has 3 heterocycles. The topological polar surface area (TPSA) is 122 Å². The third-order valence-corrected chi connectivity index (χ3v) is 7.07. The van der Waals surface area contributed by atoms with Crippen LogP contribution in [0.4, 0.5) is 5.82 Å². The van der Waals surface area contributed by atoms with Crippen LogP contribution < -0.4 is 10.6 Å². The second kappa shape index (κ2) is 12.1. The standard InChI is InChI=1S/C27H33ClN8O/c1-17(2)36-9-7-22(8-10-36)33-26-13-23(18(3)14-31-26)20-12-24(30-15-20)27(37)34-25(16-32-35-29)19-5-4-6-21(28)11-19/h4-6,11-15,17,22,25,30H,7-10,16H2,1-3H3,(H,31,33)(H,34,37)/t25-/m1/s1. The molecule has 0 bridgehead atoms. The van der Waals surface area contributed by atoms with Crippen molar-refractivity contribution in [3.8, 4) is 11.1 Å². The highest BCUT2D eigenvalue weighted by molar-refractivity contribution is 6.30. The summed E-state index contributed by atoms with van der Waals surface area (Å²) in [6.07, 6.45) is 5.86. The summed E-state index contributed by atoms with van der Waals surface area (Å²) in [7, 11) is 0. The lowest BCUT2D eigenvalue weighted by atomic mass is 10.0. The molecule has 194 valence electrons. The molecule has 1 aliphatic heterocycles. The number of nitrogens with zero attached hydrogens (tertiary/aromatic N) is 5. The molecule has 1 fully saturated rings. The van der Waals surface area contributed by atoms with Gasteiger partial charge < -0.3 is 20.5 Å². The lowest BCUT2D eigenvalue weighted by Crippen LogP contribution is -2.42. The Hall–Kier alpha value is -3.52. The van der Waals surface area contributed by atoms with Crippen molar-refractivity contribution in [1.82, 2.24) is 20.2 Å². The van der Waals surface area contributed by atoms with E-state index < -0.39 is 6.04 Å². The van der Waals surface area contributed by atoms with Gasteiger partial charge in [-0.1, -0.05) is 28.8 Å². The molecule has 0 spiro atoms. The van der Waals surface area contributed by atoms with Crippen molar-refractivity contribution in [2.24, 2.45) is 5.11 Å². The molecule has 3 aromatic rings. The molecule has 9 nitrogen and oxygen atoms in total. The molecule has 0 radical (unpaired) electrons. The number of rotatable bonds is 9. The van der Waals surface area contributed by atoms with Gasteiger partial charge in [-0.2, -0.15) is 0 Å². The Morgan fingerprint density at radius 1 is 1.30 bits per heavy atom. The molecule has 4 rings (SSSR count). The molecule has 10 heteroatoms. The average molecular weight is 521 g/mol. The van der Waals surface area contributed by atoms with Crippen molar-refractivity contribution < 1.29 is 4.79 Å². The number of halogens is 1. The molecule has 37 heavy (non-hydrogen) atoms. The van der Waals surface area contributed by atoms with E-state index in [9.17, 15) is 4.79 Å². The van der Waals surface area contributed by atoms with Crippen LogP contribution in [0.2, 0.25) is 5.02 Å². The van der Waals surface area contributed by atoms with Gasteiger partial charge in [0.15, 0.2) is 0 Å². The van der Waals surface area contributed by atoms with Crippen molar-refractivity contribution >= 4 is 23.3 Å². The summed E-state index contributed by atoms with van der Waals surface area (Å²) < 4.78 is 0. The van der Waals surface area contributed by atoms with E-state index in [4.69, 9.17) is 17.1 Å². The fourth-order valence-electron chi connectivity index (χ4n) is 4.68. The van der Waals surface area contributed by atoms with E-state index in [2.05, 4.69) is 49.4 Å². The molecule has 3 N–H and O–H groups in total. The van der Waals surface area contributed by atoms with E-state index in [0.717, 1.165) is 54.0 Å². The molecular weight excluding hydrogens is 488 g/mol. The van der Waals surface area contributed by atoms with E-state index in [0.29, 0.717) is 22.8 Å². The smallest absolute Gasteiger partial charge is 0.268 e. The van der Waals surface area contributed by atoms with Crippen LogP contribution in [0.1, 0.15) is 54.3 Å². The highest BCUT2D eigenvalue weighted by Crippen LogP contribution is 2.28. The number of likely N-dealkylation sites (tertiary alicyclic amines) is 1. The number of aromatic nitrogens is 2. The first-order valence-corrected chi connectivity index (χ1v) is 12.9. The summed E-state index contributed by atoms with van der Waals surface area (Å²) >= 11 is 6.12.